The Balaban J connectivity index is 4.14. The predicted octanol–water partition coefficient (Wildman–Crippen LogP) is 15.4. The van der Waals surface area contributed by atoms with E-state index in [1.54, 1.807) is 0 Å². The molecule has 0 aliphatic carbocycles. The average molecular weight is 779 g/mol. The van der Waals surface area contributed by atoms with Gasteiger partial charge in [-0.1, -0.05) is 227 Å². The molecule has 0 saturated carbocycles. The first-order valence-corrected chi connectivity index (χ1v) is 24.2. The van der Waals surface area contributed by atoms with E-state index >= 15 is 0 Å². The lowest BCUT2D eigenvalue weighted by Crippen LogP contribution is -2.30. The van der Waals surface area contributed by atoms with Crippen molar-refractivity contribution in [1.82, 2.24) is 0 Å². The van der Waals surface area contributed by atoms with Crippen LogP contribution in [-0.2, 0) is 28.6 Å². The summed E-state index contributed by atoms with van der Waals surface area (Å²) >= 11 is 0. The number of hydrogen-bond acceptors (Lipinski definition) is 6. The third kappa shape index (κ3) is 43.4. The van der Waals surface area contributed by atoms with Crippen molar-refractivity contribution in [2.75, 3.05) is 13.2 Å². The second kappa shape index (κ2) is 42.0. The van der Waals surface area contributed by atoms with Gasteiger partial charge in [0, 0.05) is 19.3 Å². The quantitative estimate of drug-likeness (QED) is 0.0348. The SMILES string of the molecule is CCCCCCCC(=O)OC[C@@H](COC(=O)CCCCCCCCCCCCCCC(C)C)OC(=O)CCCCCCCCCCCCCCCCC(C)C. The molecule has 0 heterocycles. The molecule has 0 aliphatic heterocycles. The molecule has 0 aromatic carbocycles. The highest BCUT2D eigenvalue weighted by Crippen LogP contribution is 2.17. The van der Waals surface area contributed by atoms with Gasteiger partial charge in [0.25, 0.3) is 0 Å². The van der Waals surface area contributed by atoms with Crippen molar-refractivity contribution >= 4 is 17.9 Å². The molecule has 0 rings (SSSR count). The zero-order valence-electron chi connectivity index (χ0n) is 37.6. The highest BCUT2D eigenvalue weighted by Gasteiger charge is 2.19. The molecule has 1 atom stereocenters. The van der Waals surface area contributed by atoms with Crippen molar-refractivity contribution in [3.63, 3.8) is 0 Å². The highest BCUT2D eigenvalue weighted by molar-refractivity contribution is 5.71. The zero-order chi connectivity index (χ0) is 40.5. The number of carbonyl (C=O) groups excluding carboxylic acids is 3. The molecule has 326 valence electrons. The summed E-state index contributed by atoms with van der Waals surface area (Å²) in [6.07, 6.45) is 41.2. The average Bonchev–Trinajstić information content (AvgIpc) is 3.15. The van der Waals surface area contributed by atoms with Crippen LogP contribution < -0.4 is 0 Å². The molecule has 0 unspecified atom stereocenters. The lowest BCUT2D eigenvalue weighted by Gasteiger charge is -2.18. The van der Waals surface area contributed by atoms with Gasteiger partial charge in [-0.25, -0.2) is 0 Å². The summed E-state index contributed by atoms with van der Waals surface area (Å²) in [5, 5.41) is 0. The number of carbonyl (C=O) groups is 3. The first-order valence-electron chi connectivity index (χ1n) is 24.2. The Morgan fingerprint density at radius 1 is 0.345 bits per heavy atom. The van der Waals surface area contributed by atoms with Crippen LogP contribution in [0.3, 0.4) is 0 Å². The van der Waals surface area contributed by atoms with E-state index in [9.17, 15) is 14.4 Å². The summed E-state index contributed by atoms with van der Waals surface area (Å²) < 4.78 is 16.7. The molecular formula is C49H94O6. The van der Waals surface area contributed by atoms with Crippen LogP contribution in [0.1, 0.15) is 266 Å². The summed E-state index contributed by atoms with van der Waals surface area (Å²) in [5.41, 5.74) is 0. The molecular weight excluding hydrogens is 685 g/mol. The normalized spacial score (nSPS) is 12.1. The lowest BCUT2D eigenvalue weighted by molar-refractivity contribution is -0.167. The Morgan fingerprint density at radius 3 is 0.891 bits per heavy atom. The minimum Gasteiger partial charge on any atom is -0.462 e. The van der Waals surface area contributed by atoms with Crippen molar-refractivity contribution in [3.05, 3.63) is 0 Å². The number of ether oxygens (including phenoxy) is 3. The molecule has 0 radical (unpaired) electrons. The van der Waals surface area contributed by atoms with Gasteiger partial charge in [0.1, 0.15) is 13.2 Å². The molecule has 0 fully saturated rings. The molecule has 0 aromatic heterocycles. The fourth-order valence-electron chi connectivity index (χ4n) is 7.28. The Morgan fingerprint density at radius 2 is 0.600 bits per heavy atom. The molecule has 0 spiro atoms. The second-order valence-electron chi connectivity index (χ2n) is 17.7. The molecule has 55 heavy (non-hydrogen) atoms. The van der Waals surface area contributed by atoms with Gasteiger partial charge in [0.05, 0.1) is 0 Å². The van der Waals surface area contributed by atoms with E-state index in [-0.39, 0.29) is 31.1 Å². The Bertz CT molecular complexity index is 839. The van der Waals surface area contributed by atoms with E-state index in [0.717, 1.165) is 76.0 Å². The van der Waals surface area contributed by atoms with Crippen LogP contribution in [0.5, 0.6) is 0 Å². The van der Waals surface area contributed by atoms with Crippen LogP contribution in [0.15, 0.2) is 0 Å². The smallest absolute Gasteiger partial charge is 0.306 e. The Kier molecular flexibility index (Phi) is 40.8. The zero-order valence-corrected chi connectivity index (χ0v) is 37.6. The minimum atomic E-state index is -0.759. The maximum Gasteiger partial charge on any atom is 0.306 e. The summed E-state index contributed by atoms with van der Waals surface area (Å²) in [5.74, 6) is 0.811. The molecule has 6 heteroatoms. The van der Waals surface area contributed by atoms with Crippen LogP contribution in [0, 0.1) is 11.8 Å². The number of unbranched alkanes of at least 4 members (excludes halogenated alkanes) is 28. The topological polar surface area (TPSA) is 78.9 Å². The Hall–Kier alpha value is -1.59. The van der Waals surface area contributed by atoms with Gasteiger partial charge in [0.2, 0.25) is 0 Å². The number of esters is 3. The fraction of sp³-hybridized carbons (Fsp3) is 0.939. The van der Waals surface area contributed by atoms with Crippen LogP contribution >= 0.6 is 0 Å². The third-order valence-corrected chi connectivity index (χ3v) is 11.0. The van der Waals surface area contributed by atoms with Crippen molar-refractivity contribution in [3.8, 4) is 0 Å². The van der Waals surface area contributed by atoms with Gasteiger partial charge in [0.15, 0.2) is 6.10 Å². The fourth-order valence-corrected chi connectivity index (χ4v) is 7.28. The summed E-state index contributed by atoms with van der Waals surface area (Å²) in [6, 6.07) is 0. The van der Waals surface area contributed by atoms with Gasteiger partial charge in [-0.05, 0) is 31.1 Å². The maximum absolute atomic E-state index is 12.7. The first-order chi connectivity index (χ1) is 26.7. The van der Waals surface area contributed by atoms with Crippen molar-refractivity contribution in [2.24, 2.45) is 11.8 Å². The highest BCUT2D eigenvalue weighted by atomic mass is 16.6. The predicted molar refractivity (Wildman–Crippen MR) is 233 cm³/mol. The molecule has 0 N–H and O–H groups in total. The van der Waals surface area contributed by atoms with Gasteiger partial charge in [-0.15, -0.1) is 0 Å². The van der Waals surface area contributed by atoms with Crippen molar-refractivity contribution in [2.45, 2.75) is 272 Å². The largest absolute Gasteiger partial charge is 0.462 e. The van der Waals surface area contributed by atoms with Gasteiger partial charge in [-0.2, -0.15) is 0 Å². The molecule has 0 aromatic rings. The monoisotopic (exact) mass is 779 g/mol. The van der Waals surface area contributed by atoms with E-state index in [2.05, 4.69) is 34.6 Å². The molecule has 0 amide bonds. The van der Waals surface area contributed by atoms with Gasteiger partial charge < -0.3 is 14.2 Å². The maximum atomic E-state index is 12.7. The van der Waals surface area contributed by atoms with E-state index in [1.165, 1.54) is 148 Å². The molecule has 0 aliphatic rings. The molecule has 0 saturated heterocycles. The number of rotatable bonds is 43. The van der Waals surface area contributed by atoms with Crippen LogP contribution in [0.25, 0.3) is 0 Å². The lowest BCUT2D eigenvalue weighted by atomic mass is 10.0. The van der Waals surface area contributed by atoms with Gasteiger partial charge >= 0.3 is 17.9 Å². The second-order valence-corrected chi connectivity index (χ2v) is 17.7. The van der Waals surface area contributed by atoms with Crippen LogP contribution in [-0.4, -0.2) is 37.2 Å². The third-order valence-electron chi connectivity index (χ3n) is 11.0. The van der Waals surface area contributed by atoms with Crippen molar-refractivity contribution < 1.29 is 28.6 Å². The standard InChI is InChI=1S/C49H94O6/c1-6-7-8-27-34-39-47(50)53-42-46(43-54-48(51)40-35-30-25-21-17-14-13-16-20-24-29-33-38-45(4)5)55-49(52)41-36-31-26-22-18-12-10-9-11-15-19-23-28-32-37-44(2)3/h44-46H,6-43H2,1-5H3/t46-/m0/s1. The van der Waals surface area contributed by atoms with E-state index in [4.69, 9.17) is 14.2 Å². The number of hydrogen-bond donors (Lipinski definition) is 0. The van der Waals surface area contributed by atoms with E-state index in [0.29, 0.717) is 19.3 Å². The summed E-state index contributed by atoms with van der Waals surface area (Å²) in [6.45, 7) is 11.3. The first kappa shape index (κ1) is 53.4. The van der Waals surface area contributed by atoms with Gasteiger partial charge in [-0.3, -0.25) is 14.4 Å². The molecule has 6 nitrogen and oxygen atoms in total. The van der Waals surface area contributed by atoms with Crippen LogP contribution in [0.2, 0.25) is 0 Å². The Labute approximate surface area is 342 Å². The molecule has 0 bridgehead atoms. The minimum absolute atomic E-state index is 0.0651. The summed E-state index contributed by atoms with van der Waals surface area (Å²) in [7, 11) is 0. The van der Waals surface area contributed by atoms with Crippen LogP contribution in [0.4, 0.5) is 0 Å². The summed E-state index contributed by atoms with van der Waals surface area (Å²) in [4.78, 5) is 37.6. The van der Waals surface area contributed by atoms with Crippen molar-refractivity contribution in [1.29, 1.82) is 0 Å². The van der Waals surface area contributed by atoms with E-state index in [1.807, 2.05) is 0 Å². The van der Waals surface area contributed by atoms with E-state index < -0.39 is 6.10 Å².